The zero-order valence-corrected chi connectivity index (χ0v) is 11.2. The Morgan fingerprint density at radius 3 is 3.00 bits per heavy atom. The van der Waals surface area contributed by atoms with Crippen LogP contribution in [0.3, 0.4) is 0 Å². The van der Waals surface area contributed by atoms with E-state index >= 15 is 0 Å². The summed E-state index contributed by atoms with van der Waals surface area (Å²) in [5.74, 6) is 0.0329. The lowest BCUT2D eigenvalue weighted by atomic mass is 10.2. The zero-order chi connectivity index (χ0) is 14.4. The molecule has 0 bridgehead atoms. The van der Waals surface area contributed by atoms with E-state index in [0.29, 0.717) is 24.7 Å². The number of nitrogen functional groups attached to an aromatic ring is 1. The number of ether oxygens (including phenoxy) is 1. The minimum Gasteiger partial charge on any atom is -0.477 e. The van der Waals surface area contributed by atoms with Gasteiger partial charge in [0.2, 0.25) is 5.88 Å². The SMILES string of the molecule is CCOc1cncc(C(=O)NCc2cccc(N)c2)n1. The fourth-order valence-electron chi connectivity index (χ4n) is 1.65. The number of carbonyl (C=O) groups excluding carboxylic acids is 1. The molecule has 0 atom stereocenters. The fraction of sp³-hybridized carbons (Fsp3) is 0.214. The molecule has 0 saturated heterocycles. The highest BCUT2D eigenvalue weighted by molar-refractivity contribution is 5.92. The van der Waals surface area contributed by atoms with Crippen LogP contribution in [0, 0.1) is 0 Å². The number of nitrogens with one attached hydrogen (secondary N) is 1. The predicted molar refractivity (Wildman–Crippen MR) is 75.2 cm³/mol. The average Bonchev–Trinajstić information content (AvgIpc) is 2.45. The minimum absolute atomic E-state index is 0.222. The van der Waals surface area contributed by atoms with E-state index in [0.717, 1.165) is 5.56 Å². The summed E-state index contributed by atoms with van der Waals surface area (Å²) in [5.41, 5.74) is 7.49. The molecular formula is C14H16N4O2. The highest BCUT2D eigenvalue weighted by Crippen LogP contribution is 2.07. The topological polar surface area (TPSA) is 90.1 Å². The third kappa shape index (κ3) is 3.68. The predicted octanol–water partition coefficient (Wildman–Crippen LogP) is 1.39. The number of nitrogens with two attached hydrogens (primary N) is 1. The molecule has 3 N–H and O–H groups in total. The summed E-state index contributed by atoms with van der Waals surface area (Å²) in [5, 5.41) is 2.76. The van der Waals surface area contributed by atoms with Gasteiger partial charge in [0, 0.05) is 12.2 Å². The molecule has 104 valence electrons. The van der Waals surface area contributed by atoms with Crippen molar-refractivity contribution in [3.05, 3.63) is 47.9 Å². The summed E-state index contributed by atoms with van der Waals surface area (Å²) in [4.78, 5) is 20.0. The Morgan fingerprint density at radius 1 is 1.40 bits per heavy atom. The number of rotatable bonds is 5. The second kappa shape index (κ2) is 6.51. The molecule has 0 radical (unpaired) electrons. The van der Waals surface area contributed by atoms with Crippen molar-refractivity contribution in [2.75, 3.05) is 12.3 Å². The second-order valence-electron chi connectivity index (χ2n) is 4.10. The van der Waals surface area contributed by atoms with Crippen molar-refractivity contribution in [2.45, 2.75) is 13.5 Å². The van der Waals surface area contributed by atoms with Crippen molar-refractivity contribution in [2.24, 2.45) is 0 Å². The van der Waals surface area contributed by atoms with Gasteiger partial charge in [0.05, 0.1) is 19.0 Å². The molecule has 1 heterocycles. The first-order valence-corrected chi connectivity index (χ1v) is 6.26. The molecule has 6 heteroatoms. The van der Waals surface area contributed by atoms with Crippen LogP contribution in [0.4, 0.5) is 5.69 Å². The maximum absolute atomic E-state index is 12.0. The number of carbonyl (C=O) groups is 1. The van der Waals surface area contributed by atoms with E-state index in [1.807, 2.05) is 25.1 Å². The average molecular weight is 272 g/mol. The lowest BCUT2D eigenvalue weighted by Crippen LogP contribution is -2.24. The maximum atomic E-state index is 12.0. The van der Waals surface area contributed by atoms with Crippen LogP contribution in [0.25, 0.3) is 0 Å². The normalized spacial score (nSPS) is 10.1. The van der Waals surface area contributed by atoms with Gasteiger partial charge in [-0.05, 0) is 24.6 Å². The summed E-state index contributed by atoms with van der Waals surface area (Å²) >= 11 is 0. The van der Waals surface area contributed by atoms with E-state index in [4.69, 9.17) is 10.5 Å². The van der Waals surface area contributed by atoms with E-state index in [1.165, 1.54) is 12.4 Å². The zero-order valence-electron chi connectivity index (χ0n) is 11.2. The van der Waals surface area contributed by atoms with Gasteiger partial charge < -0.3 is 15.8 Å². The smallest absolute Gasteiger partial charge is 0.271 e. The van der Waals surface area contributed by atoms with E-state index in [9.17, 15) is 4.79 Å². The molecule has 0 aliphatic carbocycles. The van der Waals surface area contributed by atoms with Crippen LogP contribution in [-0.4, -0.2) is 22.5 Å². The summed E-state index contributed by atoms with van der Waals surface area (Å²) in [6, 6.07) is 7.33. The molecule has 0 fully saturated rings. The van der Waals surface area contributed by atoms with Crippen molar-refractivity contribution in [3.63, 3.8) is 0 Å². The molecule has 2 aromatic rings. The molecule has 2 rings (SSSR count). The summed E-state index contributed by atoms with van der Waals surface area (Å²) in [7, 11) is 0. The van der Waals surface area contributed by atoms with Crippen molar-refractivity contribution in [1.29, 1.82) is 0 Å². The van der Waals surface area contributed by atoms with Gasteiger partial charge in [-0.25, -0.2) is 4.98 Å². The third-order valence-electron chi connectivity index (χ3n) is 2.54. The highest BCUT2D eigenvalue weighted by Gasteiger charge is 2.09. The van der Waals surface area contributed by atoms with Crippen LogP contribution in [0.15, 0.2) is 36.7 Å². The minimum atomic E-state index is -0.304. The molecule has 1 aromatic heterocycles. The van der Waals surface area contributed by atoms with Crippen LogP contribution in [-0.2, 0) is 6.54 Å². The van der Waals surface area contributed by atoms with Gasteiger partial charge >= 0.3 is 0 Å². The Morgan fingerprint density at radius 2 is 2.25 bits per heavy atom. The van der Waals surface area contributed by atoms with Crippen LogP contribution < -0.4 is 15.8 Å². The number of hydrogen-bond donors (Lipinski definition) is 2. The molecule has 0 saturated carbocycles. The Labute approximate surface area is 117 Å². The summed E-state index contributed by atoms with van der Waals surface area (Å²) < 4.78 is 5.21. The molecule has 1 aromatic carbocycles. The molecular weight excluding hydrogens is 256 g/mol. The molecule has 6 nitrogen and oxygen atoms in total. The summed E-state index contributed by atoms with van der Waals surface area (Å²) in [6.07, 6.45) is 2.87. The van der Waals surface area contributed by atoms with Crippen LogP contribution in [0.5, 0.6) is 5.88 Å². The standard InChI is InChI=1S/C14H16N4O2/c1-2-20-13-9-16-8-12(18-13)14(19)17-7-10-4-3-5-11(15)6-10/h3-6,8-9H,2,7,15H2,1H3,(H,17,19). The molecule has 0 spiro atoms. The fourth-order valence-corrected chi connectivity index (χ4v) is 1.65. The van der Waals surface area contributed by atoms with Crippen molar-refractivity contribution in [3.8, 4) is 5.88 Å². The van der Waals surface area contributed by atoms with Crippen LogP contribution in [0.1, 0.15) is 23.0 Å². The lowest BCUT2D eigenvalue weighted by Gasteiger charge is -2.06. The van der Waals surface area contributed by atoms with Gasteiger partial charge in [0.25, 0.3) is 5.91 Å². The maximum Gasteiger partial charge on any atom is 0.271 e. The van der Waals surface area contributed by atoms with Crippen molar-refractivity contribution >= 4 is 11.6 Å². The first-order chi connectivity index (χ1) is 9.69. The van der Waals surface area contributed by atoms with E-state index in [-0.39, 0.29) is 11.6 Å². The monoisotopic (exact) mass is 272 g/mol. The second-order valence-corrected chi connectivity index (χ2v) is 4.10. The molecule has 0 unspecified atom stereocenters. The van der Waals surface area contributed by atoms with Crippen LogP contribution >= 0.6 is 0 Å². The van der Waals surface area contributed by atoms with E-state index in [1.54, 1.807) is 6.07 Å². The van der Waals surface area contributed by atoms with Crippen LogP contribution in [0.2, 0.25) is 0 Å². The number of aromatic nitrogens is 2. The van der Waals surface area contributed by atoms with Crippen molar-refractivity contribution in [1.82, 2.24) is 15.3 Å². The van der Waals surface area contributed by atoms with Gasteiger partial charge in [-0.2, -0.15) is 0 Å². The molecule has 1 amide bonds. The number of benzene rings is 1. The Hall–Kier alpha value is -2.63. The van der Waals surface area contributed by atoms with Crippen molar-refractivity contribution < 1.29 is 9.53 Å². The van der Waals surface area contributed by atoms with Gasteiger partial charge in [0.1, 0.15) is 5.69 Å². The first-order valence-electron chi connectivity index (χ1n) is 6.26. The lowest BCUT2D eigenvalue weighted by molar-refractivity contribution is 0.0944. The highest BCUT2D eigenvalue weighted by atomic mass is 16.5. The Kier molecular flexibility index (Phi) is 4.49. The van der Waals surface area contributed by atoms with Gasteiger partial charge in [0.15, 0.2) is 0 Å². The van der Waals surface area contributed by atoms with Gasteiger partial charge in [-0.15, -0.1) is 0 Å². The largest absolute Gasteiger partial charge is 0.477 e. The number of hydrogen-bond acceptors (Lipinski definition) is 5. The molecule has 0 aliphatic heterocycles. The van der Waals surface area contributed by atoms with E-state index < -0.39 is 0 Å². The molecule has 20 heavy (non-hydrogen) atoms. The number of anilines is 1. The summed E-state index contributed by atoms with van der Waals surface area (Å²) in [6.45, 7) is 2.70. The van der Waals surface area contributed by atoms with Gasteiger partial charge in [-0.3, -0.25) is 9.78 Å². The van der Waals surface area contributed by atoms with E-state index in [2.05, 4.69) is 15.3 Å². The first kappa shape index (κ1) is 13.8. The Balaban J connectivity index is 1.99. The number of nitrogens with zero attached hydrogens (tertiary/aromatic N) is 2. The quantitative estimate of drug-likeness (QED) is 0.803. The Bertz CT molecular complexity index is 601. The van der Waals surface area contributed by atoms with Gasteiger partial charge in [-0.1, -0.05) is 12.1 Å². The molecule has 0 aliphatic rings. The number of amides is 1. The third-order valence-corrected chi connectivity index (χ3v) is 2.54.